The second kappa shape index (κ2) is 8.53. The molecule has 1 heterocycles. The molecular weight excluding hydrogens is 266 g/mol. The first-order valence-corrected chi connectivity index (χ1v) is 8.73. The van der Waals surface area contributed by atoms with Crippen LogP contribution in [0, 0.1) is 12.8 Å². The number of aryl methyl sites for hydroxylation is 1. The van der Waals surface area contributed by atoms with E-state index in [9.17, 15) is 0 Å². The number of hydrogen-bond donors (Lipinski definition) is 1. The number of anilines is 1. The minimum Gasteiger partial charge on any atom is -0.371 e. The molecule has 1 atom stereocenters. The van der Waals surface area contributed by atoms with E-state index in [-0.39, 0.29) is 0 Å². The average Bonchev–Trinajstić information content (AvgIpc) is 2.39. The minimum absolute atomic E-state index is 0.524. The van der Waals surface area contributed by atoms with Gasteiger partial charge >= 0.3 is 0 Å². The van der Waals surface area contributed by atoms with Crippen LogP contribution >= 0.6 is 11.8 Å². The Bertz CT molecular complexity index is 407. The van der Waals surface area contributed by atoms with Gasteiger partial charge in [-0.05, 0) is 38.6 Å². The Morgan fingerprint density at radius 3 is 2.65 bits per heavy atom. The van der Waals surface area contributed by atoms with E-state index in [0.29, 0.717) is 12.0 Å². The van der Waals surface area contributed by atoms with Gasteiger partial charge in [-0.2, -0.15) is 11.8 Å². The smallest absolute Gasteiger partial charge is 0.0445 e. The average molecular weight is 295 g/mol. The molecule has 20 heavy (non-hydrogen) atoms. The van der Waals surface area contributed by atoms with Crippen molar-refractivity contribution in [3.05, 3.63) is 23.5 Å². The van der Waals surface area contributed by atoms with Crippen LogP contribution < -0.4 is 10.2 Å². The second-order valence-corrected chi connectivity index (χ2v) is 6.81. The van der Waals surface area contributed by atoms with Gasteiger partial charge in [0.1, 0.15) is 0 Å². The molecule has 0 aliphatic heterocycles. The fourth-order valence-corrected chi connectivity index (χ4v) is 2.83. The highest BCUT2D eigenvalue weighted by Crippen LogP contribution is 2.22. The summed E-state index contributed by atoms with van der Waals surface area (Å²) in [7, 11) is 2.18. The summed E-state index contributed by atoms with van der Waals surface area (Å²) in [6.45, 7) is 10.7. The van der Waals surface area contributed by atoms with Gasteiger partial charge in [-0.1, -0.05) is 13.8 Å². The number of nitrogens with zero attached hydrogens (tertiary/aromatic N) is 2. The summed E-state index contributed by atoms with van der Waals surface area (Å²) in [5, 5.41) is 3.51. The van der Waals surface area contributed by atoms with E-state index in [1.54, 1.807) is 0 Å². The van der Waals surface area contributed by atoms with Crippen LogP contribution in [-0.2, 0) is 6.54 Å². The third kappa shape index (κ3) is 5.33. The fraction of sp³-hybridized carbons (Fsp3) is 0.688. The SMILES string of the molecule is CSCC(C)N(C)c1cc(C)ncc1CNCC(C)C. The molecule has 0 saturated heterocycles. The topological polar surface area (TPSA) is 28.2 Å². The van der Waals surface area contributed by atoms with E-state index in [0.717, 1.165) is 24.5 Å². The van der Waals surface area contributed by atoms with E-state index in [1.807, 2.05) is 18.0 Å². The third-order valence-electron chi connectivity index (χ3n) is 3.42. The summed E-state index contributed by atoms with van der Waals surface area (Å²) < 4.78 is 0. The summed E-state index contributed by atoms with van der Waals surface area (Å²) >= 11 is 1.89. The van der Waals surface area contributed by atoms with Crippen molar-refractivity contribution >= 4 is 17.4 Å². The van der Waals surface area contributed by atoms with Gasteiger partial charge in [-0.3, -0.25) is 4.98 Å². The standard InChI is InChI=1S/C16H29N3S/c1-12(2)8-17-9-15-10-18-13(3)7-16(15)19(5)14(4)11-20-6/h7,10,12,14,17H,8-9,11H2,1-6H3. The number of hydrogen-bond acceptors (Lipinski definition) is 4. The first-order valence-electron chi connectivity index (χ1n) is 7.33. The summed E-state index contributed by atoms with van der Waals surface area (Å²) in [6.07, 6.45) is 4.17. The van der Waals surface area contributed by atoms with E-state index >= 15 is 0 Å². The summed E-state index contributed by atoms with van der Waals surface area (Å²) in [5.41, 5.74) is 3.66. The minimum atomic E-state index is 0.524. The lowest BCUT2D eigenvalue weighted by atomic mass is 10.1. The number of aromatic nitrogens is 1. The van der Waals surface area contributed by atoms with E-state index < -0.39 is 0 Å². The summed E-state index contributed by atoms with van der Waals surface area (Å²) in [5.74, 6) is 1.81. The van der Waals surface area contributed by atoms with Crippen LogP contribution in [0.1, 0.15) is 32.0 Å². The van der Waals surface area contributed by atoms with Gasteiger partial charge in [0.15, 0.2) is 0 Å². The molecule has 1 unspecified atom stereocenters. The molecule has 1 aromatic rings. The lowest BCUT2D eigenvalue weighted by Crippen LogP contribution is -2.32. The fourth-order valence-electron chi connectivity index (χ4n) is 2.12. The van der Waals surface area contributed by atoms with Crippen LogP contribution in [0.3, 0.4) is 0 Å². The molecule has 0 saturated carbocycles. The normalized spacial score (nSPS) is 12.8. The molecule has 0 aliphatic rings. The van der Waals surface area contributed by atoms with Crippen molar-refractivity contribution in [1.29, 1.82) is 0 Å². The van der Waals surface area contributed by atoms with Gasteiger partial charge < -0.3 is 10.2 Å². The molecule has 0 aliphatic carbocycles. The zero-order valence-corrected chi connectivity index (χ0v) is 14.5. The maximum atomic E-state index is 4.45. The Morgan fingerprint density at radius 2 is 2.05 bits per heavy atom. The molecule has 4 heteroatoms. The van der Waals surface area contributed by atoms with Gasteiger partial charge in [0, 0.05) is 48.5 Å². The molecule has 0 aromatic carbocycles. The molecular formula is C16H29N3S. The quantitative estimate of drug-likeness (QED) is 0.796. The predicted molar refractivity (Wildman–Crippen MR) is 91.8 cm³/mol. The van der Waals surface area contributed by atoms with Crippen LogP contribution in [0.5, 0.6) is 0 Å². The second-order valence-electron chi connectivity index (χ2n) is 5.89. The number of thioether (sulfide) groups is 1. The van der Waals surface area contributed by atoms with Crippen molar-refractivity contribution in [2.24, 2.45) is 5.92 Å². The third-order valence-corrected chi connectivity index (χ3v) is 4.23. The zero-order valence-electron chi connectivity index (χ0n) is 13.7. The molecule has 0 spiro atoms. The van der Waals surface area contributed by atoms with Crippen molar-refractivity contribution in [2.45, 2.75) is 40.3 Å². The Morgan fingerprint density at radius 1 is 1.35 bits per heavy atom. The molecule has 1 aromatic heterocycles. The molecule has 3 nitrogen and oxygen atoms in total. The molecule has 1 rings (SSSR count). The Labute approximate surface area is 128 Å². The van der Waals surface area contributed by atoms with Gasteiger partial charge in [0.05, 0.1) is 0 Å². The van der Waals surface area contributed by atoms with Crippen LogP contribution in [0.4, 0.5) is 5.69 Å². The Hall–Kier alpha value is -0.740. The van der Waals surface area contributed by atoms with Crippen molar-refractivity contribution < 1.29 is 0 Å². The lowest BCUT2D eigenvalue weighted by Gasteiger charge is -2.29. The van der Waals surface area contributed by atoms with Crippen molar-refractivity contribution in [2.75, 3.05) is 30.5 Å². The summed E-state index contributed by atoms with van der Waals surface area (Å²) in [4.78, 5) is 6.83. The maximum Gasteiger partial charge on any atom is 0.0445 e. The van der Waals surface area contributed by atoms with Gasteiger partial charge in [0.25, 0.3) is 0 Å². The van der Waals surface area contributed by atoms with Gasteiger partial charge in [0.2, 0.25) is 0 Å². The zero-order chi connectivity index (χ0) is 15.1. The monoisotopic (exact) mass is 295 g/mol. The Kier molecular flexibility index (Phi) is 7.38. The molecule has 0 bridgehead atoms. The lowest BCUT2D eigenvalue weighted by molar-refractivity contribution is 0.551. The highest BCUT2D eigenvalue weighted by atomic mass is 32.2. The molecule has 0 amide bonds. The largest absolute Gasteiger partial charge is 0.371 e. The Balaban J connectivity index is 2.83. The van der Waals surface area contributed by atoms with Crippen molar-refractivity contribution in [3.63, 3.8) is 0 Å². The number of nitrogens with one attached hydrogen (secondary N) is 1. The maximum absolute atomic E-state index is 4.45. The highest BCUT2D eigenvalue weighted by molar-refractivity contribution is 7.98. The van der Waals surface area contributed by atoms with E-state index in [2.05, 4.69) is 62.3 Å². The highest BCUT2D eigenvalue weighted by Gasteiger charge is 2.14. The van der Waals surface area contributed by atoms with Crippen molar-refractivity contribution in [3.8, 4) is 0 Å². The van der Waals surface area contributed by atoms with Crippen LogP contribution in [0.15, 0.2) is 12.3 Å². The van der Waals surface area contributed by atoms with Gasteiger partial charge in [-0.25, -0.2) is 0 Å². The van der Waals surface area contributed by atoms with Gasteiger partial charge in [-0.15, -0.1) is 0 Å². The number of pyridine rings is 1. The molecule has 0 radical (unpaired) electrons. The molecule has 114 valence electrons. The van der Waals surface area contributed by atoms with E-state index in [1.165, 1.54) is 11.3 Å². The van der Waals surface area contributed by atoms with Crippen LogP contribution in [0.25, 0.3) is 0 Å². The van der Waals surface area contributed by atoms with E-state index in [4.69, 9.17) is 0 Å². The van der Waals surface area contributed by atoms with Crippen molar-refractivity contribution in [1.82, 2.24) is 10.3 Å². The number of rotatable bonds is 8. The summed E-state index contributed by atoms with van der Waals surface area (Å²) in [6, 6.07) is 2.72. The van der Waals surface area contributed by atoms with Crippen LogP contribution in [-0.4, -0.2) is 36.6 Å². The molecule has 1 N–H and O–H groups in total. The first-order chi connectivity index (χ1) is 9.45. The van der Waals surface area contributed by atoms with Crippen LogP contribution in [0.2, 0.25) is 0 Å². The molecule has 0 fully saturated rings. The first kappa shape index (κ1) is 17.3. The predicted octanol–water partition coefficient (Wildman–Crippen LogP) is 3.32.